The molecule has 0 aromatic carbocycles. The van der Waals surface area contributed by atoms with Crippen LogP contribution in [0.5, 0.6) is 0 Å². The molecule has 676 valence electrons. The summed E-state index contributed by atoms with van der Waals surface area (Å²) in [7, 11) is 20.9. The molecule has 0 heterocycles. The van der Waals surface area contributed by atoms with Gasteiger partial charge in [0.15, 0.2) is 0 Å². The topological polar surface area (TPSA) is 286 Å². The van der Waals surface area contributed by atoms with Crippen LogP contribution in [0.4, 0.5) is 4.79 Å². The number of unbranched alkanes of at least 4 members (excludes halogenated alkanes) is 6. The fourth-order valence-electron chi connectivity index (χ4n) is 7.95. The number of Topliss-reactive ketones (excluding diaryl/α,β-unsaturated/α-hetero) is 3. The van der Waals surface area contributed by atoms with Crippen LogP contribution in [0.2, 0.25) is 0 Å². The first-order valence-electron chi connectivity index (χ1n) is 41.1. The fourth-order valence-corrected chi connectivity index (χ4v) is 19.1. The number of urea groups is 1. The van der Waals surface area contributed by atoms with Gasteiger partial charge in [0.1, 0.15) is 17.3 Å². The van der Waals surface area contributed by atoms with E-state index in [2.05, 4.69) is 155 Å². The maximum Gasteiger partial charge on any atom is 0.315 e. The average Bonchev–Trinajstić information content (AvgIpc) is 0.934. The molecule has 0 fully saturated rings. The zero-order valence-electron chi connectivity index (χ0n) is 76.5. The number of rotatable bonds is 57. The van der Waals surface area contributed by atoms with E-state index in [1.165, 1.54) is 40.9 Å². The molecule has 11 N–H and O–H groups in total. The molecule has 0 bridgehead atoms. The summed E-state index contributed by atoms with van der Waals surface area (Å²) in [5.41, 5.74) is -0.560. The van der Waals surface area contributed by atoms with Crippen LogP contribution in [-0.4, -0.2) is 203 Å². The Kier molecular flexibility index (Phi) is 78.3. The van der Waals surface area contributed by atoms with Gasteiger partial charge in [-0.1, -0.05) is 280 Å². The van der Waals surface area contributed by atoms with E-state index in [-0.39, 0.29) is 90.3 Å². The van der Waals surface area contributed by atoms with Gasteiger partial charge in [-0.15, -0.1) is 0 Å². The summed E-state index contributed by atoms with van der Waals surface area (Å²) in [4.78, 5) is 105. The van der Waals surface area contributed by atoms with Gasteiger partial charge in [-0.3, -0.25) is 38.4 Å². The van der Waals surface area contributed by atoms with Crippen LogP contribution in [0.25, 0.3) is 0 Å². The van der Waals surface area contributed by atoms with Gasteiger partial charge >= 0.3 is 6.03 Å². The molecule has 0 radical (unpaired) electrons. The van der Waals surface area contributed by atoms with E-state index in [1.807, 2.05) is 151 Å². The van der Waals surface area contributed by atoms with Crippen LogP contribution in [0.15, 0.2) is 0 Å². The summed E-state index contributed by atoms with van der Waals surface area (Å²) in [6.07, 6.45) is 12.6. The maximum absolute atomic E-state index is 11.8. The first-order chi connectivity index (χ1) is 52.6. The maximum atomic E-state index is 11.8. The normalized spacial score (nSPS) is 12.0. The van der Waals surface area contributed by atoms with Crippen LogP contribution in [0, 0.1) is 27.6 Å². The van der Waals surface area contributed by atoms with Crippen LogP contribution >= 0.6 is 130 Å². The minimum absolute atomic E-state index is 0.0286. The molecule has 0 saturated carbocycles. The Labute approximate surface area is 745 Å². The highest BCUT2D eigenvalue weighted by molar-refractivity contribution is 8.78. The van der Waals surface area contributed by atoms with Gasteiger partial charge in [-0.25, -0.2) is 4.79 Å². The zero-order valence-corrected chi connectivity index (χ0v) is 86.3. The molecule has 0 rings (SSSR count). The van der Waals surface area contributed by atoms with Gasteiger partial charge in [0.2, 0.25) is 29.5 Å². The number of hydrogen-bond donors (Lipinski definition) is 11. The fraction of sp³-hybridized carbons (Fsp3) is 0.890. The quantitative estimate of drug-likeness (QED) is 0.0153. The van der Waals surface area contributed by atoms with Crippen molar-refractivity contribution in [3.8, 4) is 0 Å². The third kappa shape index (κ3) is 100. The van der Waals surface area contributed by atoms with Crippen molar-refractivity contribution in [3.63, 3.8) is 0 Å². The smallest absolute Gasteiger partial charge is 0.315 e. The molecule has 20 nitrogen and oxygen atoms in total. The average molecular weight is 1840 g/mol. The molecular weight excluding hydrogens is 1670 g/mol. The second-order valence-electron chi connectivity index (χ2n) is 36.1. The van der Waals surface area contributed by atoms with Crippen LogP contribution in [-0.2, 0) is 38.4 Å². The second-order valence-corrected chi connectivity index (χ2v) is 52.7. The number of carbonyl (C=O) groups excluding carboxylic acids is 9. The molecule has 0 saturated heterocycles. The summed E-state index contributed by atoms with van der Waals surface area (Å²) in [5, 5.41) is 34.0. The highest BCUT2D eigenvalue weighted by atomic mass is 33.1. The molecule has 0 spiro atoms. The zero-order chi connectivity index (χ0) is 88.4. The Bertz CT molecular complexity index is 2400. The van der Waals surface area contributed by atoms with Crippen LogP contribution in [0.3, 0.4) is 0 Å². The summed E-state index contributed by atoms with van der Waals surface area (Å²) in [5.74, 6) is 11.1. The Morgan fingerprint density at radius 2 is 0.596 bits per heavy atom. The van der Waals surface area contributed by atoms with Gasteiger partial charge in [-0.2, -0.15) is 0 Å². The lowest BCUT2D eigenvalue weighted by Gasteiger charge is -2.20. The van der Waals surface area contributed by atoms with E-state index in [9.17, 15) is 43.2 Å². The predicted molar refractivity (Wildman–Crippen MR) is 524 cm³/mol. The lowest BCUT2D eigenvalue weighted by molar-refractivity contribution is -0.128. The van der Waals surface area contributed by atoms with Crippen molar-refractivity contribution in [2.75, 3.05) is 122 Å². The van der Waals surface area contributed by atoms with Gasteiger partial charge in [-0.05, 0) is 107 Å². The van der Waals surface area contributed by atoms with Crippen LogP contribution in [0.1, 0.15) is 290 Å². The monoisotopic (exact) mass is 1830 g/mol. The van der Waals surface area contributed by atoms with Crippen molar-refractivity contribution in [1.29, 1.82) is 0 Å². The third-order valence-electron chi connectivity index (χ3n) is 14.7. The molecule has 32 heteroatoms. The van der Waals surface area contributed by atoms with E-state index >= 15 is 0 Å². The molecule has 0 atom stereocenters. The van der Waals surface area contributed by atoms with Gasteiger partial charge in [0, 0.05) is 198 Å². The summed E-state index contributed by atoms with van der Waals surface area (Å²) in [6, 6.07) is 0.410. The van der Waals surface area contributed by atoms with E-state index < -0.39 is 0 Å². The van der Waals surface area contributed by atoms with Crippen molar-refractivity contribution < 1.29 is 43.2 Å². The molecule has 0 aliphatic rings. The van der Waals surface area contributed by atoms with E-state index in [4.69, 9.17) is 0 Å². The number of amides is 7. The SMILES string of the molecule is CC(C)(C)NCCCCCCNC(=O)CCSSCCC(=O)C(C)(C)C.CC(C)(C)NCCSSCCNC(=O)CCCCC(=O)C(C)(C)C.CC(C)(C)NCCSSCCNC(=O)NCSSCNC(=O)C(C)(C)C.CC(C)(C)SSCCC(=O)NCCCCCC(=O)C(C)(C)C.CC(C)NCCSSCCNC(=O)C(C)C. The van der Waals surface area contributed by atoms with Crippen molar-refractivity contribution in [1.82, 2.24) is 58.5 Å². The van der Waals surface area contributed by atoms with Gasteiger partial charge in [0.25, 0.3) is 0 Å². The third-order valence-corrected chi connectivity index (χ3v) is 29.6. The molecule has 114 heavy (non-hydrogen) atoms. The minimum Gasteiger partial charge on any atom is -0.356 e. The highest BCUT2D eigenvalue weighted by Gasteiger charge is 2.24. The van der Waals surface area contributed by atoms with E-state index in [1.54, 1.807) is 54.0 Å². The minimum atomic E-state index is -0.372. The Morgan fingerprint density at radius 3 is 1.01 bits per heavy atom. The lowest BCUT2D eigenvalue weighted by atomic mass is 9.88. The molecular formula is C82H167N11O9S12. The highest BCUT2D eigenvalue weighted by Crippen LogP contribution is 2.35. The van der Waals surface area contributed by atoms with Crippen molar-refractivity contribution in [2.24, 2.45) is 27.6 Å². The molecule has 0 aliphatic carbocycles. The van der Waals surface area contributed by atoms with Crippen molar-refractivity contribution in [2.45, 2.75) is 318 Å². The Balaban J connectivity index is -0.000000438. The predicted octanol–water partition coefficient (Wildman–Crippen LogP) is 19.4. The number of carbonyl (C=O) groups is 9. The Hall–Kier alpha value is -0.330. The molecule has 0 aliphatic heterocycles. The molecule has 0 aromatic rings. The standard InChI is InChI=1S/C20H40N2O2S2.C18H36N2O2S2.C17H33NO2S2.C16H34N4O2S4.C11H24N2OS2/c1-19(2,3)17(23)11-15-25-26-16-12-18(24)21-13-9-7-8-10-14-22-20(4,5)6;1-17(2,3)15(21)9-7-8-10-16(22)19-11-13-23-24-14-12-20-18(4,5)6;1-16(2,3)14(19)10-8-7-9-12-18-15(20)11-13-21-22-17(4,5)6;1-15(2,3)13(21)18-11-25-26-12-19-14(22)17-7-9-23-24-10-8-20-16(4,5)6;1-9(2)11(14)13-6-8-16-15-7-5-12-10(3)4/h22H,7-16H2,1-6H3,(H,21,24);20H,7-14H2,1-6H3,(H,19,22);7-13H2,1-6H3,(H,18,20);20H,7-12H2,1-6H3,(H,18,21)(H2,17,19,22);9-10,12H,5-8H2,1-4H3,(H,13,14). The van der Waals surface area contributed by atoms with Gasteiger partial charge in [0.05, 0.1) is 11.8 Å². The van der Waals surface area contributed by atoms with Gasteiger partial charge < -0.3 is 58.5 Å². The van der Waals surface area contributed by atoms with Crippen LogP contribution < -0.4 is 58.5 Å². The first kappa shape index (κ1) is 122. The molecule has 0 aromatic heterocycles. The van der Waals surface area contributed by atoms with E-state index in [0.29, 0.717) is 81.0 Å². The number of hydrogen-bond acceptors (Lipinski definition) is 25. The Morgan fingerprint density at radius 1 is 0.272 bits per heavy atom. The number of ketones is 3. The largest absolute Gasteiger partial charge is 0.356 e. The van der Waals surface area contributed by atoms with Crippen molar-refractivity contribution >= 4 is 182 Å². The second kappa shape index (κ2) is 73.1. The first-order valence-corrected chi connectivity index (χ1v) is 55.9. The lowest BCUT2D eigenvalue weighted by Crippen LogP contribution is -2.37. The summed E-state index contributed by atoms with van der Waals surface area (Å²) >= 11 is 0. The summed E-state index contributed by atoms with van der Waals surface area (Å²) < 4.78 is 0.242. The molecule has 7 amide bonds. The number of nitrogens with one attached hydrogen (secondary N) is 11. The van der Waals surface area contributed by atoms with E-state index in [0.717, 1.165) is 136 Å². The van der Waals surface area contributed by atoms with Crippen molar-refractivity contribution in [3.05, 3.63) is 0 Å². The molecule has 0 unspecified atom stereocenters. The summed E-state index contributed by atoms with van der Waals surface area (Å²) in [6.45, 7) is 65.1.